The van der Waals surface area contributed by atoms with Crippen LogP contribution >= 0.6 is 0 Å². The van der Waals surface area contributed by atoms with Gasteiger partial charge in [-0.15, -0.1) is 0 Å². The third-order valence-corrected chi connectivity index (χ3v) is 4.59. The lowest BCUT2D eigenvalue weighted by Crippen LogP contribution is -2.34. The second kappa shape index (κ2) is 9.73. The number of carbonyl (C=O) groups is 1. The third kappa shape index (κ3) is 5.35. The van der Waals surface area contributed by atoms with Gasteiger partial charge in [0.1, 0.15) is 12.1 Å². The molecule has 0 aliphatic carbocycles. The van der Waals surface area contributed by atoms with E-state index in [2.05, 4.69) is 31.0 Å². The predicted molar refractivity (Wildman–Crippen MR) is 105 cm³/mol. The molecule has 0 bridgehead atoms. The summed E-state index contributed by atoms with van der Waals surface area (Å²) in [6.07, 6.45) is 4.69. The first-order chi connectivity index (χ1) is 14.1. The average Bonchev–Trinajstić information content (AvgIpc) is 2.73. The predicted octanol–water partition coefficient (Wildman–Crippen LogP) is 2.18. The number of nitrogens with one attached hydrogen (secondary N) is 3. The lowest BCUT2D eigenvalue weighted by molar-refractivity contribution is -0.383. The van der Waals surface area contributed by atoms with Crippen molar-refractivity contribution in [3.63, 3.8) is 0 Å². The Morgan fingerprint density at radius 3 is 2.62 bits per heavy atom. The van der Waals surface area contributed by atoms with Gasteiger partial charge in [-0.25, -0.2) is 14.4 Å². The fraction of sp³-hybridized carbons (Fsp3) is 0.389. The summed E-state index contributed by atoms with van der Waals surface area (Å²) in [6, 6.07) is 5.41. The highest BCUT2D eigenvalue weighted by Crippen LogP contribution is 2.28. The van der Waals surface area contributed by atoms with Crippen LogP contribution in [0.25, 0.3) is 0 Å². The van der Waals surface area contributed by atoms with Crippen LogP contribution in [0, 0.1) is 15.9 Å². The summed E-state index contributed by atoms with van der Waals surface area (Å²) in [6.45, 7) is 3.26. The Labute approximate surface area is 166 Å². The molecule has 29 heavy (non-hydrogen) atoms. The Morgan fingerprint density at radius 1 is 1.17 bits per heavy atom. The summed E-state index contributed by atoms with van der Waals surface area (Å²) in [5.74, 6) is -1.64. The monoisotopic (exact) mass is 403 g/mol. The van der Waals surface area contributed by atoms with E-state index in [4.69, 9.17) is 0 Å². The van der Waals surface area contributed by atoms with E-state index in [1.807, 2.05) is 0 Å². The molecule has 10 nitrogen and oxygen atoms in total. The summed E-state index contributed by atoms with van der Waals surface area (Å²) >= 11 is 0. The molecule has 0 saturated carbocycles. The molecular weight excluding hydrogens is 381 g/mol. The van der Waals surface area contributed by atoms with Crippen molar-refractivity contribution in [2.24, 2.45) is 0 Å². The van der Waals surface area contributed by atoms with Gasteiger partial charge in [0.05, 0.1) is 10.5 Å². The number of benzene rings is 1. The quantitative estimate of drug-likeness (QED) is 0.452. The van der Waals surface area contributed by atoms with Gasteiger partial charge in [-0.2, -0.15) is 0 Å². The molecule has 2 heterocycles. The van der Waals surface area contributed by atoms with Gasteiger partial charge >= 0.3 is 5.69 Å². The first-order valence-electron chi connectivity index (χ1n) is 9.33. The summed E-state index contributed by atoms with van der Waals surface area (Å²) in [7, 11) is 0. The zero-order chi connectivity index (χ0) is 20.6. The molecule has 11 heteroatoms. The smallest absolute Gasteiger partial charge is 0.354 e. The van der Waals surface area contributed by atoms with E-state index >= 15 is 0 Å². The van der Waals surface area contributed by atoms with E-state index in [1.54, 1.807) is 0 Å². The molecule has 1 fully saturated rings. The number of hydrogen-bond donors (Lipinski definition) is 3. The van der Waals surface area contributed by atoms with Crippen molar-refractivity contribution >= 4 is 23.2 Å². The molecule has 3 rings (SSSR count). The van der Waals surface area contributed by atoms with Gasteiger partial charge in [-0.3, -0.25) is 25.8 Å². The van der Waals surface area contributed by atoms with Crippen LogP contribution in [-0.4, -0.2) is 51.9 Å². The van der Waals surface area contributed by atoms with E-state index in [1.165, 1.54) is 24.6 Å². The van der Waals surface area contributed by atoms with Crippen molar-refractivity contribution < 1.29 is 14.1 Å². The number of rotatable bonds is 8. The molecule has 1 saturated heterocycles. The van der Waals surface area contributed by atoms with Gasteiger partial charge in [0.25, 0.3) is 5.91 Å². The Bertz CT molecular complexity index is 874. The van der Waals surface area contributed by atoms with Crippen LogP contribution < -0.4 is 16.2 Å². The zero-order valence-corrected chi connectivity index (χ0v) is 15.7. The number of likely N-dealkylation sites (tertiary alicyclic amines) is 1. The molecule has 1 aliphatic heterocycles. The summed E-state index contributed by atoms with van der Waals surface area (Å²) < 4.78 is 13.7. The highest BCUT2D eigenvalue weighted by Gasteiger charge is 2.24. The average molecular weight is 403 g/mol. The second-order valence-electron chi connectivity index (χ2n) is 6.56. The van der Waals surface area contributed by atoms with Gasteiger partial charge in [0.2, 0.25) is 11.6 Å². The maximum absolute atomic E-state index is 13.7. The van der Waals surface area contributed by atoms with Gasteiger partial charge in [0, 0.05) is 13.1 Å². The van der Waals surface area contributed by atoms with Crippen LogP contribution in [0.3, 0.4) is 0 Å². The minimum absolute atomic E-state index is 0.0460. The van der Waals surface area contributed by atoms with Crippen molar-refractivity contribution in [3.8, 4) is 0 Å². The number of hydrazine groups is 1. The maximum Gasteiger partial charge on any atom is 0.354 e. The number of piperidine rings is 1. The second-order valence-corrected chi connectivity index (χ2v) is 6.56. The third-order valence-electron chi connectivity index (χ3n) is 4.59. The minimum atomic E-state index is -0.782. The van der Waals surface area contributed by atoms with E-state index in [9.17, 15) is 19.3 Å². The molecule has 1 amide bonds. The number of anilines is 2. The molecule has 1 aromatic heterocycles. The number of carbonyl (C=O) groups excluding carboxylic acids is 1. The Balaban J connectivity index is 1.65. The molecule has 154 valence electrons. The molecule has 1 aliphatic rings. The van der Waals surface area contributed by atoms with Crippen molar-refractivity contribution in [2.45, 2.75) is 19.3 Å². The van der Waals surface area contributed by atoms with Gasteiger partial charge < -0.3 is 10.2 Å². The Hall–Kier alpha value is -3.34. The summed E-state index contributed by atoms with van der Waals surface area (Å²) in [5.41, 5.74) is 4.02. The largest absolute Gasteiger partial charge is 0.363 e. The van der Waals surface area contributed by atoms with Gasteiger partial charge in [-0.05, 0) is 38.1 Å². The first kappa shape index (κ1) is 20.4. The van der Waals surface area contributed by atoms with Crippen LogP contribution in [0.5, 0.6) is 0 Å². The minimum Gasteiger partial charge on any atom is -0.363 e. The zero-order valence-electron chi connectivity index (χ0n) is 15.7. The van der Waals surface area contributed by atoms with Crippen LogP contribution in [0.4, 0.5) is 21.7 Å². The fourth-order valence-electron chi connectivity index (χ4n) is 3.12. The van der Waals surface area contributed by atoms with Crippen LogP contribution in [0.1, 0.15) is 29.6 Å². The number of hydrogen-bond acceptors (Lipinski definition) is 8. The van der Waals surface area contributed by atoms with Crippen molar-refractivity contribution in [1.82, 2.24) is 20.3 Å². The van der Waals surface area contributed by atoms with Crippen LogP contribution in [0.2, 0.25) is 0 Å². The molecule has 0 radical (unpaired) electrons. The SMILES string of the molecule is O=C(NNc1ncnc(NCCN2CCCCC2)c1[N+](=O)[O-])c1ccccc1F. The van der Waals surface area contributed by atoms with Crippen LogP contribution in [0.15, 0.2) is 30.6 Å². The van der Waals surface area contributed by atoms with E-state index < -0.39 is 22.3 Å². The topological polar surface area (TPSA) is 125 Å². The van der Waals surface area contributed by atoms with Crippen LogP contribution in [-0.2, 0) is 0 Å². The van der Waals surface area contributed by atoms with E-state index in [0.29, 0.717) is 6.54 Å². The van der Waals surface area contributed by atoms with Gasteiger partial charge in [-0.1, -0.05) is 18.6 Å². The number of aromatic nitrogens is 2. The molecule has 0 spiro atoms. The highest BCUT2D eigenvalue weighted by molar-refractivity contribution is 5.95. The fourth-order valence-corrected chi connectivity index (χ4v) is 3.12. The number of nitrogens with zero attached hydrogens (tertiary/aromatic N) is 4. The molecule has 3 N–H and O–H groups in total. The Morgan fingerprint density at radius 2 is 1.90 bits per heavy atom. The lowest BCUT2D eigenvalue weighted by Gasteiger charge is -2.26. The summed E-state index contributed by atoms with van der Waals surface area (Å²) in [5, 5.41) is 14.5. The molecule has 2 aromatic rings. The number of amides is 1. The van der Waals surface area contributed by atoms with E-state index in [-0.39, 0.29) is 17.2 Å². The van der Waals surface area contributed by atoms with Gasteiger partial charge in [0.15, 0.2) is 0 Å². The molecule has 0 atom stereocenters. The number of nitro groups is 1. The normalized spacial score (nSPS) is 14.2. The van der Waals surface area contributed by atoms with E-state index in [0.717, 1.165) is 44.9 Å². The van der Waals surface area contributed by atoms with Crippen molar-refractivity contribution in [1.29, 1.82) is 0 Å². The molecule has 0 unspecified atom stereocenters. The number of halogens is 1. The standard InChI is InChI=1S/C18H22FN7O3/c19-14-7-3-2-6-13(14)18(27)24-23-17-15(26(28)29)16(21-12-22-17)20-8-11-25-9-4-1-5-10-25/h2-3,6-7,12H,1,4-5,8-11H2,(H,24,27)(H2,20,21,22,23). The Kier molecular flexibility index (Phi) is 6.85. The molecular formula is C18H22FN7O3. The van der Waals surface area contributed by atoms with Crippen molar-refractivity contribution in [2.75, 3.05) is 36.9 Å². The van der Waals surface area contributed by atoms with Crippen molar-refractivity contribution in [3.05, 3.63) is 52.1 Å². The maximum atomic E-state index is 13.7. The highest BCUT2D eigenvalue weighted by atomic mass is 19.1. The first-order valence-corrected chi connectivity index (χ1v) is 9.33. The lowest BCUT2D eigenvalue weighted by atomic mass is 10.1. The molecule has 1 aromatic carbocycles. The summed E-state index contributed by atoms with van der Waals surface area (Å²) in [4.78, 5) is 33.1.